The fraction of sp³-hybridized carbons (Fsp3) is 0.389. The molecule has 1 N–H and O–H groups in total. The standard InChI is InChI=1S/C18H20N2O4S2/c1-10(2)17(22)24-14-8-12(11-4-5-11)6-7-13(14)16(21)20-18-19-9-15(25-18)26(3)23/h6-11H,4-5H2,1-3H3,(H,19,20,21). The second-order valence-electron chi connectivity index (χ2n) is 6.50. The summed E-state index contributed by atoms with van der Waals surface area (Å²) in [5, 5.41) is 3.04. The first-order valence-corrected chi connectivity index (χ1v) is 10.7. The second kappa shape index (κ2) is 7.67. The molecule has 1 heterocycles. The maximum Gasteiger partial charge on any atom is 0.313 e. The van der Waals surface area contributed by atoms with Gasteiger partial charge in [-0.05, 0) is 36.5 Å². The molecule has 8 heteroatoms. The fourth-order valence-electron chi connectivity index (χ4n) is 2.32. The molecule has 3 rings (SSSR count). The van der Waals surface area contributed by atoms with E-state index in [9.17, 15) is 13.8 Å². The minimum atomic E-state index is -1.15. The Balaban J connectivity index is 1.85. The van der Waals surface area contributed by atoms with E-state index in [2.05, 4.69) is 10.3 Å². The minimum absolute atomic E-state index is 0.265. The molecule has 1 amide bonds. The molecule has 1 atom stereocenters. The normalized spacial score (nSPS) is 14.9. The zero-order chi connectivity index (χ0) is 18.8. The number of ether oxygens (including phenoxy) is 1. The highest BCUT2D eigenvalue weighted by atomic mass is 32.2. The van der Waals surface area contributed by atoms with Crippen LogP contribution in [0.4, 0.5) is 5.13 Å². The Labute approximate surface area is 158 Å². The second-order valence-corrected chi connectivity index (χ2v) is 9.14. The Kier molecular flexibility index (Phi) is 5.52. The summed E-state index contributed by atoms with van der Waals surface area (Å²) in [7, 11) is -1.15. The topological polar surface area (TPSA) is 85.4 Å². The van der Waals surface area contributed by atoms with Crippen LogP contribution in [0.15, 0.2) is 28.6 Å². The van der Waals surface area contributed by atoms with Gasteiger partial charge in [0.2, 0.25) is 0 Å². The van der Waals surface area contributed by atoms with Crippen molar-refractivity contribution in [1.29, 1.82) is 0 Å². The Hall–Kier alpha value is -2.06. The van der Waals surface area contributed by atoms with Gasteiger partial charge in [0.1, 0.15) is 9.96 Å². The van der Waals surface area contributed by atoms with Crippen LogP contribution < -0.4 is 10.1 Å². The Morgan fingerprint density at radius 3 is 2.65 bits per heavy atom. The molecule has 1 unspecified atom stereocenters. The molecule has 1 aliphatic carbocycles. The predicted molar refractivity (Wildman–Crippen MR) is 101 cm³/mol. The van der Waals surface area contributed by atoms with Gasteiger partial charge in [0, 0.05) is 6.26 Å². The van der Waals surface area contributed by atoms with Gasteiger partial charge in [-0.2, -0.15) is 0 Å². The lowest BCUT2D eigenvalue weighted by Gasteiger charge is -2.13. The molecule has 1 aliphatic rings. The van der Waals surface area contributed by atoms with E-state index in [0.717, 1.165) is 29.7 Å². The summed E-state index contributed by atoms with van der Waals surface area (Å²) in [6.07, 6.45) is 5.25. The molecular formula is C18H20N2O4S2. The molecule has 1 saturated carbocycles. The number of anilines is 1. The van der Waals surface area contributed by atoms with Crippen molar-refractivity contribution in [2.75, 3.05) is 11.6 Å². The van der Waals surface area contributed by atoms with Crippen molar-refractivity contribution in [3.8, 4) is 5.75 Å². The molecule has 26 heavy (non-hydrogen) atoms. The van der Waals surface area contributed by atoms with E-state index >= 15 is 0 Å². The highest BCUT2D eigenvalue weighted by Crippen LogP contribution is 2.41. The number of benzene rings is 1. The summed E-state index contributed by atoms with van der Waals surface area (Å²) in [5.41, 5.74) is 1.35. The van der Waals surface area contributed by atoms with E-state index in [0.29, 0.717) is 15.3 Å². The number of hydrogen-bond acceptors (Lipinski definition) is 6. The quantitative estimate of drug-likeness (QED) is 0.600. The van der Waals surface area contributed by atoms with E-state index < -0.39 is 16.7 Å². The van der Waals surface area contributed by atoms with Crippen LogP contribution in [-0.2, 0) is 15.6 Å². The molecule has 138 valence electrons. The molecule has 0 radical (unpaired) electrons. The first kappa shape index (κ1) is 18.7. The van der Waals surface area contributed by atoms with Crippen molar-refractivity contribution in [3.63, 3.8) is 0 Å². The molecule has 0 aliphatic heterocycles. The van der Waals surface area contributed by atoms with Crippen LogP contribution in [0.25, 0.3) is 0 Å². The van der Waals surface area contributed by atoms with Crippen LogP contribution in [-0.4, -0.2) is 27.3 Å². The maximum absolute atomic E-state index is 12.7. The molecule has 1 aromatic heterocycles. The lowest BCUT2D eigenvalue weighted by Crippen LogP contribution is -2.19. The van der Waals surface area contributed by atoms with E-state index in [1.165, 1.54) is 6.20 Å². The minimum Gasteiger partial charge on any atom is -0.425 e. The molecule has 0 bridgehead atoms. The Morgan fingerprint density at radius 1 is 1.35 bits per heavy atom. The van der Waals surface area contributed by atoms with Crippen molar-refractivity contribution < 1.29 is 18.5 Å². The van der Waals surface area contributed by atoms with E-state index in [1.54, 1.807) is 32.2 Å². The van der Waals surface area contributed by atoms with Crippen LogP contribution in [0.2, 0.25) is 0 Å². The van der Waals surface area contributed by atoms with Gasteiger partial charge in [-0.15, -0.1) is 0 Å². The number of nitrogens with zero attached hydrogens (tertiary/aromatic N) is 1. The average Bonchev–Trinajstić information content (AvgIpc) is 3.33. The first-order chi connectivity index (χ1) is 12.3. The van der Waals surface area contributed by atoms with Crippen molar-refractivity contribution in [3.05, 3.63) is 35.5 Å². The molecule has 1 aromatic carbocycles. The van der Waals surface area contributed by atoms with Gasteiger partial charge in [0.05, 0.1) is 28.5 Å². The smallest absolute Gasteiger partial charge is 0.313 e. The van der Waals surface area contributed by atoms with Crippen LogP contribution in [0.5, 0.6) is 5.75 Å². The van der Waals surface area contributed by atoms with Crippen molar-refractivity contribution in [2.24, 2.45) is 5.92 Å². The number of carbonyl (C=O) groups is 2. The number of thiazole rings is 1. The van der Waals surface area contributed by atoms with Gasteiger partial charge < -0.3 is 4.74 Å². The summed E-state index contributed by atoms with van der Waals surface area (Å²) >= 11 is 1.16. The van der Waals surface area contributed by atoms with E-state index in [-0.39, 0.29) is 23.2 Å². The third kappa shape index (κ3) is 4.37. The fourth-order valence-corrected chi connectivity index (χ4v) is 3.77. The van der Waals surface area contributed by atoms with Gasteiger partial charge in [0.15, 0.2) is 5.13 Å². The van der Waals surface area contributed by atoms with Gasteiger partial charge >= 0.3 is 5.97 Å². The molecule has 0 saturated heterocycles. The van der Waals surface area contributed by atoms with Crippen molar-refractivity contribution in [1.82, 2.24) is 4.98 Å². The number of rotatable bonds is 6. The summed E-state index contributed by atoms with van der Waals surface area (Å²) < 4.78 is 17.5. The zero-order valence-corrected chi connectivity index (χ0v) is 16.4. The lowest BCUT2D eigenvalue weighted by molar-refractivity contribution is -0.137. The maximum atomic E-state index is 12.7. The largest absolute Gasteiger partial charge is 0.425 e. The number of amides is 1. The van der Waals surface area contributed by atoms with Crippen molar-refractivity contribution >= 4 is 39.1 Å². The summed E-state index contributed by atoms with van der Waals surface area (Å²) in [6.45, 7) is 3.49. The molecule has 1 fully saturated rings. The van der Waals surface area contributed by atoms with Gasteiger partial charge in [-0.3, -0.25) is 19.1 Å². The van der Waals surface area contributed by atoms with Crippen LogP contribution >= 0.6 is 11.3 Å². The van der Waals surface area contributed by atoms with Crippen LogP contribution in [0, 0.1) is 5.92 Å². The Bertz CT molecular complexity index is 872. The third-order valence-corrected chi connectivity index (χ3v) is 6.30. The highest BCUT2D eigenvalue weighted by molar-refractivity contribution is 7.86. The zero-order valence-electron chi connectivity index (χ0n) is 14.8. The van der Waals surface area contributed by atoms with Gasteiger partial charge in [0.25, 0.3) is 5.91 Å². The molecule has 0 spiro atoms. The third-order valence-electron chi connectivity index (χ3n) is 3.97. The van der Waals surface area contributed by atoms with Gasteiger partial charge in [-0.25, -0.2) is 4.98 Å². The number of nitrogens with one attached hydrogen (secondary N) is 1. The summed E-state index contributed by atoms with van der Waals surface area (Å²) in [4.78, 5) is 28.7. The molecule has 6 nitrogen and oxygen atoms in total. The predicted octanol–water partition coefficient (Wildman–Crippen LogP) is 3.57. The molecular weight excluding hydrogens is 372 g/mol. The monoisotopic (exact) mass is 392 g/mol. The van der Waals surface area contributed by atoms with Crippen molar-refractivity contribution in [2.45, 2.75) is 36.8 Å². The summed E-state index contributed by atoms with van der Waals surface area (Å²) in [5.74, 6) is -0.353. The van der Waals surface area contributed by atoms with E-state index in [4.69, 9.17) is 4.74 Å². The number of esters is 1. The average molecular weight is 393 g/mol. The number of aromatic nitrogens is 1. The number of hydrogen-bond donors (Lipinski definition) is 1. The van der Waals surface area contributed by atoms with Gasteiger partial charge in [-0.1, -0.05) is 31.3 Å². The van der Waals surface area contributed by atoms with Crippen LogP contribution in [0.1, 0.15) is 48.5 Å². The molecule has 2 aromatic rings. The highest BCUT2D eigenvalue weighted by Gasteiger charge is 2.26. The Morgan fingerprint density at radius 2 is 2.08 bits per heavy atom. The first-order valence-electron chi connectivity index (χ1n) is 8.31. The lowest BCUT2D eigenvalue weighted by atomic mass is 10.1. The summed E-state index contributed by atoms with van der Waals surface area (Å²) in [6, 6.07) is 5.35. The number of carbonyl (C=O) groups excluding carboxylic acids is 2. The van der Waals surface area contributed by atoms with E-state index in [1.807, 2.05) is 6.07 Å². The van der Waals surface area contributed by atoms with Crippen LogP contribution in [0.3, 0.4) is 0 Å². The SMILES string of the molecule is CC(C)C(=O)Oc1cc(C2CC2)ccc1C(=O)Nc1ncc(S(C)=O)s1.